The van der Waals surface area contributed by atoms with Crippen LogP contribution in [0.15, 0.2) is 24.3 Å². The van der Waals surface area contributed by atoms with Gasteiger partial charge in [-0.05, 0) is 18.6 Å². The summed E-state index contributed by atoms with van der Waals surface area (Å²) in [5, 5.41) is 0. The Labute approximate surface area is 138 Å². The summed E-state index contributed by atoms with van der Waals surface area (Å²) in [6.07, 6.45) is 0.275. The van der Waals surface area contributed by atoms with Gasteiger partial charge in [0.1, 0.15) is 5.82 Å². The molecule has 1 aliphatic heterocycles. The molecule has 0 bridgehead atoms. The van der Waals surface area contributed by atoms with Crippen LogP contribution in [0.3, 0.4) is 0 Å². The van der Waals surface area contributed by atoms with Gasteiger partial charge in [0.15, 0.2) is 9.84 Å². The minimum absolute atomic E-state index is 0.00715. The van der Waals surface area contributed by atoms with Crippen LogP contribution >= 0.6 is 0 Å². The number of amides is 1. The number of halogens is 2. The Balaban J connectivity index is 1.84. The first-order chi connectivity index (χ1) is 11.3. The number of hydrogen-bond acceptors (Lipinski definition) is 4. The zero-order valence-electron chi connectivity index (χ0n) is 13.0. The lowest BCUT2D eigenvalue weighted by Gasteiger charge is -2.20. The van der Waals surface area contributed by atoms with Crippen LogP contribution in [0.5, 0.6) is 0 Å². The monoisotopic (exact) mass is 357 g/mol. The van der Waals surface area contributed by atoms with Gasteiger partial charge in [0.25, 0.3) is 0 Å². The highest BCUT2D eigenvalue weighted by Crippen LogP contribution is 2.25. The Hall–Kier alpha value is -2.03. The summed E-state index contributed by atoms with van der Waals surface area (Å²) >= 11 is 0. The van der Waals surface area contributed by atoms with Crippen molar-refractivity contribution >= 4 is 26.8 Å². The Kier molecular flexibility index (Phi) is 4.29. The minimum atomic E-state index is -3.18. The van der Waals surface area contributed by atoms with Crippen LogP contribution in [-0.2, 0) is 21.2 Å². The van der Waals surface area contributed by atoms with Gasteiger partial charge in [-0.25, -0.2) is 13.4 Å². The molecule has 1 aromatic heterocycles. The Morgan fingerprint density at radius 1 is 1.42 bits per heavy atom. The molecule has 1 atom stereocenters. The van der Waals surface area contributed by atoms with Gasteiger partial charge in [-0.2, -0.15) is 8.78 Å². The first kappa shape index (κ1) is 16.8. The number of alkyl halides is 2. The number of nitrogens with zero attached hydrogens (tertiary/aromatic N) is 3. The summed E-state index contributed by atoms with van der Waals surface area (Å²) in [5.74, 6) is -1.08. The fraction of sp³-hybridized carbons (Fsp3) is 0.467. The van der Waals surface area contributed by atoms with Gasteiger partial charge in [0, 0.05) is 7.05 Å². The summed E-state index contributed by atoms with van der Waals surface area (Å²) in [5.41, 5.74) is 0.726. The molecule has 24 heavy (non-hydrogen) atoms. The number of rotatable bonds is 4. The number of carbonyl (C=O) groups excluding carboxylic acids is 1. The quantitative estimate of drug-likeness (QED) is 0.837. The summed E-state index contributed by atoms with van der Waals surface area (Å²) in [7, 11) is -1.70. The molecule has 0 aliphatic carbocycles. The first-order valence-electron chi connectivity index (χ1n) is 7.48. The van der Waals surface area contributed by atoms with Crippen molar-refractivity contribution < 1.29 is 22.0 Å². The standard InChI is InChI=1S/C15H17F2N3O3S/c1-19(14(21)10-6-7-24(22,23)9-10)8-13-18-11-4-2-3-5-12(11)20(13)15(16)17/h2-5,10,15H,6-9H2,1H3. The molecule has 130 valence electrons. The van der Waals surface area contributed by atoms with Gasteiger partial charge in [0.05, 0.1) is 35.0 Å². The lowest BCUT2D eigenvalue weighted by Crippen LogP contribution is -2.34. The van der Waals surface area contributed by atoms with Gasteiger partial charge in [-0.15, -0.1) is 0 Å². The maximum Gasteiger partial charge on any atom is 0.320 e. The molecule has 9 heteroatoms. The molecule has 0 N–H and O–H groups in total. The number of hydrogen-bond donors (Lipinski definition) is 0. The van der Waals surface area contributed by atoms with Crippen LogP contribution in [0.25, 0.3) is 11.0 Å². The van der Waals surface area contributed by atoms with E-state index in [0.717, 1.165) is 4.57 Å². The van der Waals surface area contributed by atoms with Crippen LogP contribution in [0.2, 0.25) is 0 Å². The highest BCUT2D eigenvalue weighted by molar-refractivity contribution is 7.91. The van der Waals surface area contributed by atoms with Crippen LogP contribution < -0.4 is 0 Å². The fourth-order valence-corrected chi connectivity index (χ4v) is 4.75. The fourth-order valence-electron chi connectivity index (χ4n) is 3.02. The van der Waals surface area contributed by atoms with Crippen molar-refractivity contribution in [2.24, 2.45) is 5.92 Å². The van der Waals surface area contributed by atoms with E-state index < -0.39 is 22.3 Å². The molecule has 1 fully saturated rings. The number of aromatic nitrogens is 2. The average Bonchev–Trinajstić information content (AvgIpc) is 3.05. The van der Waals surface area contributed by atoms with Crippen molar-refractivity contribution in [3.63, 3.8) is 0 Å². The predicted octanol–water partition coefficient (Wildman–Crippen LogP) is 1.82. The Bertz CT molecular complexity index is 879. The van der Waals surface area contributed by atoms with Crippen molar-refractivity contribution in [2.45, 2.75) is 19.5 Å². The number of fused-ring (bicyclic) bond motifs is 1. The highest BCUT2D eigenvalue weighted by atomic mass is 32.2. The molecule has 2 aromatic rings. The van der Waals surface area contributed by atoms with Crippen LogP contribution in [0.4, 0.5) is 8.78 Å². The summed E-state index contributed by atoms with van der Waals surface area (Å²) in [4.78, 5) is 17.8. The highest BCUT2D eigenvalue weighted by Gasteiger charge is 2.35. The molecule has 1 unspecified atom stereocenters. The molecule has 6 nitrogen and oxygen atoms in total. The SMILES string of the molecule is CN(Cc1nc2ccccc2n1C(F)F)C(=O)C1CCS(=O)(=O)C1. The zero-order chi connectivity index (χ0) is 17.5. The molecular formula is C15H17F2N3O3S. The van der Waals surface area contributed by atoms with Gasteiger partial charge in [-0.1, -0.05) is 12.1 Å². The van der Waals surface area contributed by atoms with E-state index in [9.17, 15) is 22.0 Å². The molecule has 1 amide bonds. The molecule has 3 rings (SSSR count). The zero-order valence-corrected chi connectivity index (χ0v) is 13.8. The van der Waals surface area contributed by atoms with E-state index in [1.807, 2.05) is 0 Å². The van der Waals surface area contributed by atoms with Crippen LogP contribution in [-0.4, -0.2) is 47.3 Å². The molecule has 1 aliphatic rings. The second kappa shape index (κ2) is 6.12. The van der Waals surface area contributed by atoms with E-state index >= 15 is 0 Å². The Morgan fingerprint density at radius 2 is 2.12 bits per heavy atom. The number of benzene rings is 1. The molecule has 0 spiro atoms. The maximum absolute atomic E-state index is 13.4. The van der Waals surface area contributed by atoms with Gasteiger partial charge < -0.3 is 4.90 Å². The second-order valence-electron chi connectivity index (χ2n) is 5.96. The van der Waals surface area contributed by atoms with Gasteiger partial charge in [-0.3, -0.25) is 9.36 Å². The van der Waals surface area contributed by atoms with Crippen molar-refractivity contribution in [1.82, 2.24) is 14.5 Å². The van der Waals surface area contributed by atoms with E-state index in [1.165, 1.54) is 11.9 Å². The Morgan fingerprint density at radius 3 is 2.75 bits per heavy atom. The van der Waals surface area contributed by atoms with Gasteiger partial charge in [0.2, 0.25) is 5.91 Å². The summed E-state index contributed by atoms with van der Waals surface area (Å²) < 4.78 is 50.6. The maximum atomic E-state index is 13.4. The second-order valence-corrected chi connectivity index (χ2v) is 8.19. The van der Waals surface area contributed by atoms with Gasteiger partial charge >= 0.3 is 6.55 Å². The summed E-state index contributed by atoms with van der Waals surface area (Å²) in [6.45, 7) is -2.88. The number of carbonyl (C=O) groups is 1. The first-order valence-corrected chi connectivity index (χ1v) is 9.30. The summed E-state index contributed by atoms with van der Waals surface area (Å²) in [6, 6.07) is 6.52. The average molecular weight is 357 g/mol. The third kappa shape index (κ3) is 3.12. The van der Waals surface area contributed by atoms with Crippen LogP contribution in [0.1, 0.15) is 18.8 Å². The van der Waals surface area contributed by atoms with Crippen LogP contribution in [0, 0.1) is 5.92 Å². The van der Waals surface area contributed by atoms with E-state index in [1.54, 1.807) is 24.3 Å². The predicted molar refractivity (Wildman–Crippen MR) is 84.2 cm³/mol. The van der Waals surface area contributed by atoms with Crippen molar-refractivity contribution in [1.29, 1.82) is 0 Å². The minimum Gasteiger partial charge on any atom is -0.338 e. The molecule has 0 saturated carbocycles. The van der Waals surface area contributed by atoms with E-state index in [2.05, 4.69) is 4.98 Å². The molecule has 1 aromatic carbocycles. The molecule has 1 saturated heterocycles. The lowest BCUT2D eigenvalue weighted by molar-refractivity contribution is -0.134. The topological polar surface area (TPSA) is 72.3 Å². The third-order valence-electron chi connectivity index (χ3n) is 4.20. The molecule has 0 radical (unpaired) electrons. The lowest BCUT2D eigenvalue weighted by atomic mass is 10.1. The van der Waals surface area contributed by atoms with Crippen molar-refractivity contribution in [3.8, 4) is 0 Å². The number of sulfone groups is 1. The largest absolute Gasteiger partial charge is 0.338 e. The smallest absolute Gasteiger partial charge is 0.320 e. The van der Waals surface area contributed by atoms with E-state index in [0.29, 0.717) is 11.0 Å². The molecular weight excluding hydrogens is 340 g/mol. The normalized spacial score (nSPS) is 19.9. The third-order valence-corrected chi connectivity index (χ3v) is 5.97. The van der Waals surface area contributed by atoms with E-state index in [4.69, 9.17) is 0 Å². The molecule has 2 heterocycles. The van der Waals surface area contributed by atoms with Crippen molar-refractivity contribution in [2.75, 3.05) is 18.6 Å². The van der Waals surface area contributed by atoms with Crippen molar-refractivity contribution in [3.05, 3.63) is 30.1 Å². The van der Waals surface area contributed by atoms with E-state index in [-0.39, 0.29) is 36.2 Å². The number of para-hydroxylation sites is 2. The number of imidazole rings is 1.